The molecule has 5 rings (SSSR count). The van der Waals surface area contributed by atoms with Gasteiger partial charge in [-0.05, 0) is 69.7 Å². The summed E-state index contributed by atoms with van der Waals surface area (Å²) in [5.74, 6) is 1.19. The fourth-order valence-electron chi connectivity index (χ4n) is 5.76. The molecule has 7 heteroatoms. The highest BCUT2D eigenvalue weighted by molar-refractivity contribution is 8.14. The van der Waals surface area contributed by atoms with Crippen LogP contribution in [0.1, 0.15) is 93.0 Å². The van der Waals surface area contributed by atoms with Crippen LogP contribution in [0.25, 0.3) is 11.1 Å². The molecule has 1 unspecified atom stereocenters. The summed E-state index contributed by atoms with van der Waals surface area (Å²) in [6, 6.07) is 19.3. The molecule has 0 saturated carbocycles. The molecule has 2 aliphatic rings. The number of thioether (sulfide) groups is 1. The zero-order valence-electron chi connectivity index (χ0n) is 25.9. The predicted molar refractivity (Wildman–Crippen MR) is 172 cm³/mol. The maximum absolute atomic E-state index is 13.6. The van der Waals surface area contributed by atoms with E-state index in [0.717, 1.165) is 30.7 Å². The van der Waals surface area contributed by atoms with Crippen LogP contribution in [0.5, 0.6) is 0 Å². The second-order valence-corrected chi connectivity index (χ2v) is 14.9. The largest absolute Gasteiger partial charge is 0.416 e. The van der Waals surface area contributed by atoms with Crippen molar-refractivity contribution in [3.05, 3.63) is 94.5 Å². The number of hydrogen-bond donors (Lipinski definition) is 0. The molecule has 1 fully saturated rings. The monoisotopic (exact) mass is 606 g/mol. The smallest absolute Gasteiger partial charge is 0.339 e. The van der Waals surface area contributed by atoms with Crippen molar-refractivity contribution >= 4 is 22.7 Å². The second-order valence-electron chi connectivity index (χ2n) is 13.8. The molecule has 0 radical (unpaired) electrons. The molecule has 1 atom stereocenters. The molecule has 0 N–H and O–H groups in total. The normalized spacial score (nSPS) is 18.6. The molecular formula is C36H41F3N2OS. The summed E-state index contributed by atoms with van der Waals surface area (Å²) in [6.07, 6.45) is -2.70. The Morgan fingerprint density at radius 3 is 1.95 bits per heavy atom. The van der Waals surface area contributed by atoms with Gasteiger partial charge in [0.2, 0.25) is 0 Å². The maximum atomic E-state index is 13.6. The number of benzene rings is 3. The van der Waals surface area contributed by atoms with Gasteiger partial charge < -0.3 is 4.90 Å². The highest BCUT2D eigenvalue weighted by atomic mass is 32.2. The number of halogens is 3. The summed E-state index contributed by atoms with van der Waals surface area (Å²) in [5, 5.41) is 1.20. The first-order valence-corrected chi connectivity index (χ1v) is 16.0. The van der Waals surface area contributed by atoms with Crippen molar-refractivity contribution in [3.8, 4) is 11.1 Å². The van der Waals surface area contributed by atoms with E-state index in [9.17, 15) is 18.0 Å². The van der Waals surface area contributed by atoms with Gasteiger partial charge in [0, 0.05) is 30.3 Å². The van der Waals surface area contributed by atoms with Crippen LogP contribution in [0.15, 0.2) is 71.7 Å². The van der Waals surface area contributed by atoms with E-state index in [1.165, 1.54) is 33.9 Å². The van der Waals surface area contributed by atoms with Gasteiger partial charge in [-0.1, -0.05) is 90.1 Å². The zero-order valence-corrected chi connectivity index (χ0v) is 26.7. The lowest BCUT2D eigenvalue weighted by Crippen LogP contribution is -2.40. The topological polar surface area (TPSA) is 32.7 Å². The van der Waals surface area contributed by atoms with Gasteiger partial charge in [0.1, 0.15) is 0 Å². The molecule has 1 amide bonds. The Bertz CT molecular complexity index is 1470. The van der Waals surface area contributed by atoms with Crippen molar-refractivity contribution in [3.63, 3.8) is 0 Å². The Kier molecular flexibility index (Phi) is 8.60. The zero-order chi connectivity index (χ0) is 31.2. The van der Waals surface area contributed by atoms with E-state index in [0.29, 0.717) is 35.7 Å². The van der Waals surface area contributed by atoms with Gasteiger partial charge in [-0.15, -0.1) is 11.8 Å². The lowest BCUT2D eigenvalue weighted by molar-refractivity contribution is -0.137. The summed E-state index contributed by atoms with van der Waals surface area (Å²) in [4.78, 5) is 20.7. The number of aliphatic imine (C=N–C) groups is 1. The fraction of sp³-hybridized carbons (Fsp3) is 0.444. The predicted octanol–water partition coefficient (Wildman–Crippen LogP) is 9.71. The first-order valence-electron chi connectivity index (χ1n) is 15.0. The third kappa shape index (κ3) is 7.03. The second kappa shape index (κ2) is 11.8. The Morgan fingerprint density at radius 1 is 0.814 bits per heavy atom. The number of hydrogen-bond acceptors (Lipinski definition) is 3. The standard InChI is InChI=1S/C36H41F3N2OS/c1-34(2,3)27-19-25(20-28(21-27)35(4,5)6)31-22-43-32(40-31)24-15-17-41(18-16-24)33(42)30-10-8-7-9-29(30)23-11-13-26(14-12-23)36(37,38)39/h7-14,19-21,24,31H,15-18,22H2,1-6H3. The molecule has 1 saturated heterocycles. The Hall–Kier alpha value is -3.06. The van der Waals surface area contributed by atoms with Crippen molar-refractivity contribution in [2.45, 2.75) is 77.4 Å². The van der Waals surface area contributed by atoms with Crippen LogP contribution in [0.3, 0.4) is 0 Å². The van der Waals surface area contributed by atoms with Gasteiger partial charge in [0.15, 0.2) is 0 Å². The van der Waals surface area contributed by atoms with Crippen molar-refractivity contribution in [1.82, 2.24) is 4.90 Å². The minimum atomic E-state index is -4.40. The molecule has 43 heavy (non-hydrogen) atoms. The molecule has 2 heterocycles. The van der Waals surface area contributed by atoms with E-state index in [-0.39, 0.29) is 22.8 Å². The van der Waals surface area contributed by atoms with E-state index < -0.39 is 11.7 Å². The average molecular weight is 607 g/mol. The van der Waals surface area contributed by atoms with Crippen LogP contribution in [0, 0.1) is 5.92 Å². The quantitative estimate of drug-likeness (QED) is 0.296. The molecule has 3 aromatic rings. The lowest BCUT2D eigenvalue weighted by Gasteiger charge is -2.32. The first kappa shape index (κ1) is 31.4. The van der Waals surface area contributed by atoms with E-state index >= 15 is 0 Å². The lowest BCUT2D eigenvalue weighted by atomic mass is 9.79. The van der Waals surface area contributed by atoms with Crippen molar-refractivity contribution in [2.24, 2.45) is 10.9 Å². The molecule has 2 aliphatic heterocycles. The third-order valence-corrected chi connectivity index (χ3v) is 9.77. The molecular weight excluding hydrogens is 565 g/mol. The summed E-state index contributed by atoms with van der Waals surface area (Å²) in [5.41, 5.74) is 5.13. The van der Waals surface area contributed by atoms with Crippen LogP contribution in [-0.4, -0.2) is 34.7 Å². The molecule has 0 spiro atoms. The number of carbonyl (C=O) groups is 1. The molecule has 228 valence electrons. The van der Waals surface area contributed by atoms with Gasteiger partial charge >= 0.3 is 6.18 Å². The number of alkyl halides is 3. The maximum Gasteiger partial charge on any atom is 0.416 e. The van der Waals surface area contributed by atoms with E-state index in [1.807, 2.05) is 22.7 Å². The molecule has 3 aromatic carbocycles. The number of carbonyl (C=O) groups excluding carboxylic acids is 1. The van der Waals surface area contributed by atoms with Crippen molar-refractivity contribution < 1.29 is 18.0 Å². The minimum Gasteiger partial charge on any atom is -0.339 e. The van der Waals surface area contributed by atoms with Crippen LogP contribution in [-0.2, 0) is 17.0 Å². The highest BCUT2D eigenvalue weighted by Crippen LogP contribution is 2.40. The summed E-state index contributed by atoms with van der Waals surface area (Å²) < 4.78 is 39.2. The molecule has 0 bridgehead atoms. The molecule has 0 aliphatic carbocycles. The van der Waals surface area contributed by atoms with E-state index in [4.69, 9.17) is 4.99 Å². The van der Waals surface area contributed by atoms with Crippen molar-refractivity contribution in [1.29, 1.82) is 0 Å². The van der Waals surface area contributed by atoms with E-state index in [1.54, 1.807) is 18.2 Å². The third-order valence-electron chi connectivity index (χ3n) is 8.56. The van der Waals surface area contributed by atoms with Gasteiger partial charge in [-0.2, -0.15) is 13.2 Å². The first-order chi connectivity index (χ1) is 20.1. The Morgan fingerprint density at radius 2 is 1.40 bits per heavy atom. The SMILES string of the molecule is CC(C)(C)c1cc(C2CSC(C3CCN(C(=O)c4ccccc4-c4ccc(C(F)(F)F)cc4)CC3)=N2)cc(C(C)(C)C)c1. The van der Waals surface area contributed by atoms with Crippen LogP contribution in [0.2, 0.25) is 0 Å². The summed E-state index contributed by atoms with van der Waals surface area (Å²) >= 11 is 1.85. The van der Waals surface area contributed by atoms with Gasteiger partial charge in [0.05, 0.1) is 16.6 Å². The number of likely N-dealkylation sites (tertiary alicyclic amines) is 1. The van der Waals surface area contributed by atoms with Crippen molar-refractivity contribution in [2.75, 3.05) is 18.8 Å². The van der Waals surface area contributed by atoms with Crippen LogP contribution < -0.4 is 0 Å². The number of nitrogens with zero attached hydrogens (tertiary/aromatic N) is 2. The summed E-state index contributed by atoms with van der Waals surface area (Å²) in [7, 11) is 0. The number of piperidine rings is 1. The molecule has 0 aromatic heterocycles. The average Bonchev–Trinajstić information content (AvgIpc) is 3.46. The summed E-state index contributed by atoms with van der Waals surface area (Å²) in [6.45, 7) is 14.8. The minimum absolute atomic E-state index is 0.0544. The Labute approximate surface area is 258 Å². The molecule has 3 nitrogen and oxygen atoms in total. The van der Waals surface area contributed by atoms with Crippen LogP contribution in [0.4, 0.5) is 13.2 Å². The van der Waals surface area contributed by atoms with Crippen LogP contribution >= 0.6 is 11.8 Å². The number of rotatable bonds is 4. The van der Waals surface area contributed by atoms with Gasteiger partial charge in [-0.3, -0.25) is 9.79 Å². The highest BCUT2D eigenvalue weighted by Gasteiger charge is 2.33. The van der Waals surface area contributed by atoms with Gasteiger partial charge in [0.25, 0.3) is 5.91 Å². The fourth-order valence-corrected chi connectivity index (χ4v) is 7.03. The number of amides is 1. The van der Waals surface area contributed by atoms with E-state index in [2.05, 4.69) is 59.7 Å². The van der Waals surface area contributed by atoms with Gasteiger partial charge in [-0.25, -0.2) is 0 Å². The Balaban J connectivity index is 1.29.